The maximum Gasteiger partial charge on any atom is 0.340 e. The predicted molar refractivity (Wildman–Crippen MR) is 209 cm³/mol. The first kappa shape index (κ1) is 48.3. The molecule has 3 N–H and O–H groups in total. The number of carboxylic acid groups (broad SMARTS) is 1. The molecule has 0 aromatic heterocycles. The molecule has 0 aliphatic heterocycles. The Morgan fingerprint density at radius 1 is 0.408 bits per heavy atom. The monoisotopic (exact) mass is 737 g/mol. The SMILES string of the molecule is CCCCCCCCCCCCCCCCCCS(=O)(=O)NC(C)(NS(=O)(=O)CCCCCCCCCCCCCCCCCC)C(=O)O. The van der Waals surface area contributed by atoms with Crippen molar-refractivity contribution < 1.29 is 26.7 Å². The minimum Gasteiger partial charge on any atom is -0.479 e. The summed E-state index contributed by atoms with van der Waals surface area (Å²) in [4.78, 5) is 12.0. The van der Waals surface area contributed by atoms with Gasteiger partial charge < -0.3 is 5.11 Å². The summed E-state index contributed by atoms with van der Waals surface area (Å²) in [6.07, 6.45) is 37.8. The second kappa shape index (κ2) is 32.0. The Hall–Kier alpha value is -0.710. The van der Waals surface area contributed by atoms with E-state index in [1.54, 1.807) is 0 Å². The molecule has 10 heteroatoms. The minimum atomic E-state index is -3.99. The zero-order valence-electron chi connectivity index (χ0n) is 32.3. The van der Waals surface area contributed by atoms with Crippen LogP contribution in [0.2, 0.25) is 0 Å². The molecular formula is C39H80N2O6S2. The van der Waals surface area contributed by atoms with Gasteiger partial charge in [0.25, 0.3) is 0 Å². The molecule has 0 radical (unpaired) electrons. The van der Waals surface area contributed by atoms with Gasteiger partial charge in [0.05, 0.1) is 11.5 Å². The Labute approximate surface area is 304 Å². The van der Waals surface area contributed by atoms with E-state index in [-0.39, 0.29) is 11.5 Å². The highest BCUT2D eigenvalue weighted by Crippen LogP contribution is 2.16. The van der Waals surface area contributed by atoms with E-state index >= 15 is 0 Å². The maximum atomic E-state index is 12.7. The summed E-state index contributed by atoms with van der Waals surface area (Å²) in [7, 11) is -7.97. The van der Waals surface area contributed by atoms with Crippen molar-refractivity contribution in [2.75, 3.05) is 11.5 Å². The molecule has 0 fully saturated rings. The van der Waals surface area contributed by atoms with E-state index < -0.39 is 31.7 Å². The molecule has 0 amide bonds. The van der Waals surface area contributed by atoms with Gasteiger partial charge in [-0.3, -0.25) is 0 Å². The fourth-order valence-electron chi connectivity index (χ4n) is 6.51. The average molecular weight is 737 g/mol. The molecule has 0 aliphatic rings. The third-order valence-electron chi connectivity index (χ3n) is 9.68. The van der Waals surface area contributed by atoms with E-state index in [0.29, 0.717) is 12.8 Å². The van der Waals surface area contributed by atoms with Crippen LogP contribution in [0.5, 0.6) is 0 Å². The molecule has 0 aromatic rings. The lowest BCUT2D eigenvalue weighted by atomic mass is 10.0. The number of carboxylic acids is 1. The second-order valence-corrected chi connectivity index (χ2v) is 18.6. The van der Waals surface area contributed by atoms with Crippen LogP contribution in [0.3, 0.4) is 0 Å². The van der Waals surface area contributed by atoms with E-state index in [0.717, 1.165) is 58.3 Å². The fraction of sp³-hybridized carbons (Fsp3) is 0.974. The van der Waals surface area contributed by atoms with E-state index in [2.05, 4.69) is 23.3 Å². The van der Waals surface area contributed by atoms with Gasteiger partial charge in [0, 0.05) is 0 Å². The molecule has 0 saturated carbocycles. The normalized spacial score (nSPS) is 12.6. The van der Waals surface area contributed by atoms with Crippen molar-refractivity contribution >= 4 is 26.0 Å². The smallest absolute Gasteiger partial charge is 0.340 e. The molecule has 0 aromatic carbocycles. The zero-order chi connectivity index (χ0) is 36.5. The van der Waals surface area contributed by atoms with E-state index in [9.17, 15) is 26.7 Å². The highest BCUT2D eigenvalue weighted by Gasteiger charge is 2.40. The van der Waals surface area contributed by atoms with Crippen LogP contribution in [-0.4, -0.2) is 45.1 Å². The maximum absolute atomic E-state index is 12.7. The van der Waals surface area contributed by atoms with Crippen LogP contribution in [0.4, 0.5) is 0 Å². The van der Waals surface area contributed by atoms with Crippen molar-refractivity contribution in [2.24, 2.45) is 0 Å². The molecule has 49 heavy (non-hydrogen) atoms. The van der Waals surface area contributed by atoms with Gasteiger partial charge >= 0.3 is 5.97 Å². The number of unbranched alkanes of at least 4 members (excludes halogenated alkanes) is 30. The summed E-state index contributed by atoms with van der Waals surface area (Å²) < 4.78 is 55.0. The molecule has 294 valence electrons. The summed E-state index contributed by atoms with van der Waals surface area (Å²) in [6, 6.07) is 0. The molecule has 0 aliphatic carbocycles. The Balaban J connectivity index is 4.01. The van der Waals surface area contributed by atoms with Crippen molar-refractivity contribution in [3.8, 4) is 0 Å². The van der Waals surface area contributed by atoms with Gasteiger partial charge in [-0.15, -0.1) is 0 Å². The first-order valence-corrected chi connectivity index (χ1v) is 24.0. The summed E-state index contributed by atoms with van der Waals surface area (Å²) >= 11 is 0. The van der Waals surface area contributed by atoms with Crippen molar-refractivity contribution in [1.82, 2.24) is 9.44 Å². The molecule has 0 bridgehead atoms. The Morgan fingerprint density at radius 2 is 0.592 bits per heavy atom. The average Bonchev–Trinajstić information content (AvgIpc) is 3.03. The molecule has 0 atom stereocenters. The number of carbonyl (C=O) groups is 1. The lowest BCUT2D eigenvalue weighted by Gasteiger charge is -2.27. The number of rotatable bonds is 39. The van der Waals surface area contributed by atoms with Crippen LogP contribution in [-0.2, 0) is 24.8 Å². The van der Waals surface area contributed by atoms with Crippen LogP contribution in [0.1, 0.15) is 226 Å². The Morgan fingerprint density at radius 3 is 0.776 bits per heavy atom. The van der Waals surface area contributed by atoms with Crippen molar-refractivity contribution in [2.45, 2.75) is 232 Å². The summed E-state index contributed by atoms with van der Waals surface area (Å²) in [5.74, 6) is -2.02. The quantitative estimate of drug-likeness (QED) is 0.0425. The standard InChI is InChI=1S/C39H80N2O6S2/c1-4-6-8-10-12-14-16-18-20-22-24-26-28-30-32-34-36-48(44,45)40-39(3,38(42)43)41-49(46,47)37-35-33-31-29-27-25-23-21-19-17-15-13-11-9-7-5-2/h40-41H,4-37H2,1-3H3,(H,42,43). The lowest BCUT2D eigenvalue weighted by Crippen LogP contribution is -2.63. The molecule has 0 unspecified atom stereocenters. The van der Waals surface area contributed by atoms with Crippen molar-refractivity contribution in [3.05, 3.63) is 0 Å². The molecule has 0 saturated heterocycles. The highest BCUT2D eigenvalue weighted by atomic mass is 32.2. The van der Waals surface area contributed by atoms with Gasteiger partial charge in [-0.2, -0.15) is 9.44 Å². The lowest BCUT2D eigenvalue weighted by molar-refractivity contribution is -0.143. The van der Waals surface area contributed by atoms with Gasteiger partial charge in [0.15, 0.2) is 5.66 Å². The highest BCUT2D eigenvalue weighted by molar-refractivity contribution is 7.90. The summed E-state index contributed by atoms with van der Waals surface area (Å²) in [5, 5.41) is 9.73. The molecular weight excluding hydrogens is 657 g/mol. The molecule has 0 heterocycles. The molecule has 0 spiro atoms. The van der Waals surface area contributed by atoms with Gasteiger partial charge in [-0.25, -0.2) is 21.6 Å². The Kier molecular flexibility index (Phi) is 31.5. The van der Waals surface area contributed by atoms with Crippen LogP contribution < -0.4 is 9.44 Å². The van der Waals surface area contributed by atoms with E-state index in [1.165, 1.54) is 141 Å². The number of aliphatic carboxylic acids is 1. The van der Waals surface area contributed by atoms with E-state index in [4.69, 9.17) is 0 Å². The second-order valence-electron chi connectivity index (χ2n) is 14.9. The van der Waals surface area contributed by atoms with Crippen molar-refractivity contribution in [1.29, 1.82) is 0 Å². The Bertz CT molecular complexity index is 904. The van der Waals surface area contributed by atoms with Gasteiger partial charge in [0.1, 0.15) is 0 Å². The fourth-order valence-corrected chi connectivity index (χ4v) is 9.47. The van der Waals surface area contributed by atoms with E-state index in [1.807, 2.05) is 0 Å². The number of nitrogens with one attached hydrogen (secondary N) is 2. The zero-order valence-corrected chi connectivity index (χ0v) is 34.0. The van der Waals surface area contributed by atoms with Gasteiger partial charge in [-0.1, -0.05) is 206 Å². The molecule has 0 rings (SSSR count). The first-order valence-electron chi connectivity index (χ1n) is 20.7. The van der Waals surface area contributed by atoms with Crippen molar-refractivity contribution in [3.63, 3.8) is 0 Å². The summed E-state index contributed by atoms with van der Waals surface area (Å²) in [5.41, 5.74) is -2.32. The first-order chi connectivity index (χ1) is 23.5. The van der Waals surface area contributed by atoms with Crippen LogP contribution in [0.15, 0.2) is 0 Å². The van der Waals surface area contributed by atoms with Crippen LogP contribution in [0.25, 0.3) is 0 Å². The third kappa shape index (κ3) is 31.7. The predicted octanol–water partition coefficient (Wildman–Crippen LogP) is 11.1. The largest absolute Gasteiger partial charge is 0.479 e. The minimum absolute atomic E-state index is 0.227. The van der Waals surface area contributed by atoms with Crippen LogP contribution in [0, 0.1) is 0 Å². The number of hydrogen-bond donors (Lipinski definition) is 3. The third-order valence-corrected chi connectivity index (χ3v) is 12.8. The number of sulfonamides is 2. The topological polar surface area (TPSA) is 130 Å². The molecule has 8 nitrogen and oxygen atoms in total. The summed E-state index contributed by atoms with van der Waals surface area (Å²) in [6.45, 7) is 5.56. The van der Waals surface area contributed by atoms with Gasteiger partial charge in [0.2, 0.25) is 20.0 Å². The van der Waals surface area contributed by atoms with Gasteiger partial charge in [-0.05, 0) is 19.8 Å². The van der Waals surface area contributed by atoms with Crippen LogP contribution >= 0.6 is 0 Å². The number of hydrogen-bond acceptors (Lipinski definition) is 5.